The molecule has 0 atom stereocenters. The van der Waals surface area contributed by atoms with E-state index in [9.17, 15) is 13.2 Å². The molecular formula is C24H22N2O4S. The number of ether oxygens (including phenoxy) is 1. The highest BCUT2D eigenvalue weighted by atomic mass is 32.2. The smallest absolute Gasteiger partial charge is 0.248 e. The molecule has 0 spiro atoms. The van der Waals surface area contributed by atoms with Crippen LogP contribution in [0.1, 0.15) is 18.4 Å². The Labute approximate surface area is 181 Å². The van der Waals surface area contributed by atoms with Crippen LogP contribution in [0.15, 0.2) is 89.8 Å². The predicted molar refractivity (Wildman–Crippen MR) is 120 cm³/mol. The number of hydrogen-bond donors (Lipinski definition) is 2. The van der Waals surface area contributed by atoms with Gasteiger partial charge in [-0.05, 0) is 73.0 Å². The molecule has 158 valence electrons. The van der Waals surface area contributed by atoms with Crippen LogP contribution < -0.4 is 14.8 Å². The summed E-state index contributed by atoms with van der Waals surface area (Å²) < 4.78 is 32.7. The summed E-state index contributed by atoms with van der Waals surface area (Å²) in [6, 6.07) is 23.0. The van der Waals surface area contributed by atoms with Crippen LogP contribution in [0.2, 0.25) is 0 Å². The molecule has 2 N–H and O–H groups in total. The number of anilines is 1. The van der Waals surface area contributed by atoms with Crippen LogP contribution in [-0.4, -0.2) is 20.4 Å². The highest BCUT2D eigenvalue weighted by Crippen LogP contribution is 2.23. The lowest BCUT2D eigenvalue weighted by Gasteiger charge is -2.07. The number of nitrogens with one attached hydrogen (secondary N) is 2. The SMILES string of the molecule is O=C(C=Cc1ccc(S(=O)(=O)NC2CC2)cc1)Nc1ccc(Oc2ccccc2)cc1. The molecule has 0 saturated heterocycles. The van der Waals surface area contributed by atoms with Crippen LogP contribution in [-0.2, 0) is 14.8 Å². The van der Waals surface area contributed by atoms with Gasteiger partial charge < -0.3 is 10.1 Å². The minimum absolute atomic E-state index is 0.0623. The van der Waals surface area contributed by atoms with Crippen LogP contribution in [0.5, 0.6) is 11.5 Å². The van der Waals surface area contributed by atoms with Gasteiger partial charge >= 0.3 is 0 Å². The minimum atomic E-state index is -3.47. The van der Waals surface area contributed by atoms with Gasteiger partial charge in [0.25, 0.3) is 0 Å². The third-order valence-electron chi connectivity index (χ3n) is 4.62. The van der Waals surface area contributed by atoms with Crippen molar-refractivity contribution < 1.29 is 17.9 Å². The van der Waals surface area contributed by atoms with Gasteiger partial charge in [0.1, 0.15) is 11.5 Å². The molecule has 0 radical (unpaired) electrons. The van der Waals surface area contributed by atoms with Gasteiger partial charge in [-0.15, -0.1) is 0 Å². The van der Waals surface area contributed by atoms with Crippen LogP contribution in [0.3, 0.4) is 0 Å². The molecule has 1 aliphatic rings. The van der Waals surface area contributed by atoms with Crippen molar-refractivity contribution in [2.75, 3.05) is 5.32 Å². The molecule has 0 unspecified atom stereocenters. The van der Waals surface area contributed by atoms with Gasteiger partial charge in [-0.1, -0.05) is 30.3 Å². The first-order valence-corrected chi connectivity index (χ1v) is 11.4. The van der Waals surface area contributed by atoms with E-state index in [2.05, 4.69) is 10.0 Å². The van der Waals surface area contributed by atoms with Crippen LogP contribution in [0.25, 0.3) is 6.08 Å². The second-order valence-corrected chi connectivity index (χ2v) is 8.94. The fraction of sp³-hybridized carbons (Fsp3) is 0.125. The number of carbonyl (C=O) groups is 1. The Bertz CT molecular complexity index is 1170. The average molecular weight is 435 g/mol. The highest BCUT2D eigenvalue weighted by Gasteiger charge is 2.27. The number of sulfonamides is 1. The molecule has 1 aliphatic carbocycles. The number of rotatable bonds is 8. The first-order valence-electron chi connectivity index (χ1n) is 9.92. The maximum atomic E-state index is 12.2. The van der Waals surface area contributed by atoms with Crippen LogP contribution in [0, 0.1) is 0 Å². The zero-order chi connectivity index (χ0) is 21.7. The Balaban J connectivity index is 1.32. The Morgan fingerprint density at radius 3 is 2.16 bits per heavy atom. The number of hydrogen-bond acceptors (Lipinski definition) is 4. The Morgan fingerprint density at radius 1 is 0.871 bits per heavy atom. The van der Waals surface area contributed by atoms with E-state index < -0.39 is 10.0 Å². The Kier molecular flexibility index (Phi) is 6.16. The fourth-order valence-corrected chi connectivity index (χ4v) is 4.14. The van der Waals surface area contributed by atoms with E-state index in [0.29, 0.717) is 11.4 Å². The van der Waals surface area contributed by atoms with Crippen molar-refractivity contribution in [2.24, 2.45) is 0 Å². The minimum Gasteiger partial charge on any atom is -0.457 e. The standard InChI is InChI=1S/C24H22N2O4S/c27-24(25-19-11-13-22(14-12-19)30-21-4-2-1-3-5-21)17-8-18-6-15-23(16-7-18)31(28,29)26-20-9-10-20/h1-8,11-17,20,26H,9-10H2,(H,25,27). The third kappa shape index (κ3) is 6.04. The Morgan fingerprint density at radius 2 is 1.52 bits per heavy atom. The fourth-order valence-electron chi connectivity index (χ4n) is 2.83. The van der Waals surface area contributed by atoms with Crippen molar-refractivity contribution in [2.45, 2.75) is 23.8 Å². The summed E-state index contributed by atoms with van der Waals surface area (Å²) in [7, 11) is -3.47. The Hall–Kier alpha value is -3.42. The van der Waals surface area contributed by atoms with Gasteiger partial charge in [0.2, 0.25) is 15.9 Å². The van der Waals surface area contributed by atoms with Crippen molar-refractivity contribution in [3.63, 3.8) is 0 Å². The first-order chi connectivity index (χ1) is 15.0. The number of benzene rings is 3. The van der Waals surface area contributed by atoms with Gasteiger partial charge in [0, 0.05) is 17.8 Å². The summed E-state index contributed by atoms with van der Waals surface area (Å²) in [4.78, 5) is 12.4. The summed E-state index contributed by atoms with van der Waals surface area (Å²) in [5.74, 6) is 1.12. The summed E-state index contributed by atoms with van der Waals surface area (Å²) >= 11 is 0. The maximum Gasteiger partial charge on any atom is 0.248 e. The third-order valence-corrected chi connectivity index (χ3v) is 6.15. The van der Waals surface area contributed by atoms with E-state index in [1.165, 1.54) is 18.2 Å². The van der Waals surface area contributed by atoms with Crippen molar-refractivity contribution in [1.82, 2.24) is 4.72 Å². The average Bonchev–Trinajstić information content (AvgIpc) is 3.58. The molecule has 1 amide bonds. The molecule has 3 aromatic rings. The van der Waals surface area contributed by atoms with E-state index >= 15 is 0 Å². The normalized spacial score (nSPS) is 13.8. The molecule has 1 saturated carbocycles. The molecule has 1 fully saturated rings. The maximum absolute atomic E-state index is 12.2. The van der Waals surface area contributed by atoms with E-state index in [-0.39, 0.29) is 16.8 Å². The van der Waals surface area contributed by atoms with Gasteiger partial charge in [0.15, 0.2) is 0 Å². The topological polar surface area (TPSA) is 84.5 Å². The highest BCUT2D eigenvalue weighted by molar-refractivity contribution is 7.89. The van der Waals surface area contributed by atoms with Gasteiger partial charge in [-0.25, -0.2) is 13.1 Å². The summed E-state index contributed by atoms with van der Waals surface area (Å²) in [6.45, 7) is 0. The molecule has 0 bridgehead atoms. The second kappa shape index (κ2) is 9.16. The largest absolute Gasteiger partial charge is 0.457 e. The second-order valence-electron chi connectivity index (χ2n) is 7.23. The number of para-hydroxylation sites is 1. The lowest BCUT2D eigenvalue weighted by molar-refractivity contribution is -0.111. The van der Waals surface area contributed by atoms with Crippen molar-refractivity contribution in [1.29, 1.82) is 0 Å². The lowest BCUT2D eigenvalue weighted by atomic mass is 10.2. The van der Waals surface area contributed by atoms with Gasteiger partial charge in [0.05, 0.1) is 4.90 Å². The van der Waals surface area contributed by atoms with E-state index in [4.69, 9.17) is 4.74 Å². The number of amides is 1. The number of carbonyl (C=O) groups excluding carboxylic acids is 1. The summed E-state index contributed by atoms with van der Waals surface area (Å²) in [5.41, 5.74) is 1.37. The van der Waals surface area contributed by atoms with Crippen molar-refractivity contribution in [3.05, 3.63) is 90.5 Å². The van der Waals surface area contributed by atoms with Crippen molar-refractivity contribution >= 4 is 27.7 Å². The molecule has 0 heterocycles. The molecule has 6 nitrogen and oxygen atoms in total. The first kappa shape index (κ1) is 20.8. The van der Waals surface area contributed by atoms with Gasteiger partial charge in [-0.3, -0.25) is 4.79 Å². The zero-order valence-electron chi connectivity index (χ0n) is 16.7. The van der Waals surface area contributed by atoms with E-state index in [0.717, 1.165) is 24.2 Å². The molecular weight excluding hydrogens is 412 g/mol. The zero-order valence-corrected chi connectivity index (χ0v) is 17.5. The summed E-state index contributed by atoms with van der Waals surface area (Å²) in [6.07, 6.45) is 4.81. The van der Waals surface area contributed by atoms with Crippen LogP contribution >= 0.6 is 0 Å². The monoisotopic (exact) mass is 434 g/mol. The van der Waals surface area contributed by atoms with Gasteiger partial charge in [-0.2, -0.15) is 0 Å². The van der Waals surface area contributed by atoms with E-state index in [1.54, 1.807) is 42.5 Å². The van der Waals surface area contributed by atoms with Crippen molar-refractivity contribution in [3.8, 4) is 11.5 Å². The molecule has 0 aromatic heterocycles. The molecule has 7 heteroatoms. The molecule has 31 heavy (non-hydrogen) atoms. The molecule has 3 aromatic carbocycles. The summed E-state index contributed by atoms with van der Waals surface area (Å²) in [5, 5.41) is 2.78. The predicted octanol–water partition coefficient (Wildman–Crippen LogP) is 4.57. The molecule has 0 aliphatic heterocycles. The quantitative estimate of drug-likeness (QED) is 0.509. The van der Waals surface area contributed by atoms with E-state index in [1.807, 2.05) is 30.3 Å². The molecule has 4 rings (SSSR count). The lowest BCUT2D eigenvalue weighted by Crippen LogP contribution is -2.25. The van der Waals surface area contributed by atoms with Crippen LogP contribution in [0.4, 0.5) is 5.69 Å².